The number of nitrogens with zero attached hydrogens (tertiary/aromatic N) is 1. The van der Waals surface area contributed by atoms with Gasteiger partial charge in [0.25, 0.3) is 10.0 Å². The topological polar surface area (TPSA) is 109 Å². The third kappa shape index (κ3) is 3.10. The summed E-state index contributed by atoms with van der Waals surface area (Å²) >= 11 is 5.96. The van der Waals surface area contributed by atoms with Crippen LogP contribution in [0.5, 0.6) is 0 Å². The van der Waals surface area contributed by atoms with Crippen molar-refractivity contribution in [2.75, 3.05) is 11.0 Å². The molecule has 1 heterocycles. The van der Waals surface area contributed by atoms with Crippen molar-refractivity contribution < 1.29 is 16.8 Å². The Hall–Kier alpha value is -2.10. The third-order valence-corrected chi connectivity index (χ3v) is 6.31. The molecule has 0 spiro atoms. The van der Waals surface area contributed by atoms with E-state index in [1.807, 2.05) is 0 Å². The molecule has 0 unspecified atom stereocenters. The molecule has 0 aliphatic rings. The van der Waals surface area contributed by atoms with Crippen molar-refractivity contribution in [3.05, 3.63) is 47.6 Å². The Kier molecular flexibility index (Phi) is 4.02. The molecule has 0 fully saturated rings. The van der Waals surface area contributed by atoms with Crippen LogP contribution in [-0.4, -0.2) is 33.3 Å². The van der Waals surface area contributed by atoms with Gasteiger partial charge in [0.15, 0.2) is 9.84 Å². The first-order valence-electron chi connectivity index (χ1n) is 6.63. The molecule has 0 atom stereocenters. The first-order chi connectivity index (χ1) is 11.2. The summed E-state index contributed by atoms with van der Waals surface area (Å²) in [6.45, 7) is 0. The maximum absolute atomic E-state index is 12.6. The molecule has 1 aromatic heterocycles. The fourth-order valence-electron chi connectivity index (χ4n) is 2.18. The molecular formula is C14H12ClN3O4S2. The molecule has 0 radical (unpaired) electrons. The molecule has 0 saturated heterocycles. The molecule has 24 heavy (non-hydrogen) atoms. The van der Waals surface area contributed by atoms with Crippen molar-refractivity contribution in [3.63, 3.8) is 0 Å². The number of H-pyrrole nitrogens is 1. The van der Waals surface area contributed by atoms with Gasteiger partial charge in [0, 0.05) is 11.6 Å². The van der Waals surface area contributed by atoms with Crippen LogP contribution in [0.4, 0.5) is 5.69 Å². The highest BCUT2D eigenvalue weighted by Gasteiger charge is 2.22. The predicted octanol–water partition coefficient (Wildman–Crippen LogP) is 2.42. The summed E-state index contributed by atoms with van der Waals surface area (Å²) in [6, 6.07) is 8.52. The van der Waals surface area contributed by atoms with E-state index < -0.39 is 19.9 Å². The van der Waals surface area contributed by atoms with E-state index in [4.69, 9.17) is 11.6 Å². The highest BCUT2D eigenvalue weighted by Crippen LogP contribution is 2.29. The lowest BCUT2D eigenvalue weighted by atomic mass is 10.2. The minimum atomic E-state index is -4.08. The average molecular weight is 386 g/mol. The fraction of sp³-hybridized carbons (Fsp3) is 0.0714. The van der Waals surface area contributed by atoms with Crippen molar-refractivity contribution in [1.29, 1.82) is 0 Å². The SMILES string of the molecule is CS(=O)(=O)c1ccc(Cl)c(S(=O)(=O)Nc2cccc3[nH]ncc23)c1. The number of halogens is 1. The van der Waals surface area contributed by atoms with Crippen LogP contribution in [0.15, 0.2) is 52.4 Å². The normalized spacial score (nSPS) is 12.4. The van der Waals surface area contributed by atoms with E-state index in [2.05, 4.69) is 14.9 Å². The van der Waals surface area contributed by atoms with E-state index in [0.717, 1.165) is 12.3 Å². The van der Waals surface area contributed by atoms with E-state index in [0.29, 0.717) is 16.6 Å². The maximum Gasteiger partial charge on any atom is 0.263 e. The standard InChI is InChI=1S/C14H12ClN3O4S2/c1-23(19,20)9-5-6-11(15)14(7-9)24(21,22)18-13-4-2-3-12-10(13)8-16-17-12/h2-8,18H,1H3,(H,16,17). The van der Waals surface area contributed by atoms with Gasteiger partial charge < -0.3 is 0 Å². The summed E-state index contributed by atoms with van der Waals surface area (Å²) in [5.74, 6) is 0. The zero-order chi connectivity index (χ0) is 17.5. The smallest absolute Gasteiger partial charge is 0.263 e. The Morgan fingerprint density at radius 3 is 2.58 bits per heavy atom. The molecule has 3 rings (SSSR count). The minimum Gasteiger partial charge on any atom is -0.279 e. The molecule has 0 aliphatic heterocycles. The number of aromatic amines is 1. The molecule has 0 saturated carbocycles. The summed E-state index contributed by atoms with van der Waals surface area (Å²) < 4.78 is 51.0. The number of hydrogen-bond donors (Lipinski definition) is 2. The summed E-state index contributed by atoms with van der Waals surface area (Å²) in [7, 11) is -7.65. The van der Waals surface area contributed by atoms with Gasteiger partial charge in [0.1, 0.15) is 4.90 Å². The number of hydrogen-bond acceptors (Lipinski definition) is 5. The van der Waals surface area contributed by atoms with Crippen molar-refractivity contribution in [2.24, 2.45) is 0 Å². The quantitative estimate of drug-likeness (QED) is 0.716. The van der Waals surface area contributed by atoms with Gasteiger partial charge in [-0.25, -0.2) is 16.8 Å². The molecule has 0 amide bonds. The summed E-state index contributed by atoms with van der Waals surface area (Å²) in [4.78, 5) is -0.443. The lowest BCUT2D eigenvalue weighted by molar-refractivity contribution is 0.600. The summed E-state index contributed by atoms with van der Waals surface area (Å²) in [5, 5.41) is 7.10. The Balaban J connectivity index is 2.10. The predicted molar refractivity (Wildman–Crippen MR) is 91.5 cm³/mol. The number of sulfonamides is 1. The largest absolute Gasteiger partial charge is 0.279 e. The lowest BCUT2D eigenvalue weighted by Gasteiger charge is -2.11. The Morgan fingerprint density at radius 2 is 1.88 bits per heavy atom. The number of aromatic nitrogens is 2. The van der Waals surface area contributed by atoms with Crippen molar-refractivity contribution in [1.82, 2.24) is 10.2 Å². The first-order valence-corrected chi connectivity index (χ1v) is 10.4. The number of nitrogens with one attached hydrogen (secondary N) is 2. The number of sulfone groups is 1. The molecular weight excluding hydrogens is 374 g/mol. The van der Waals surface area contributed by atoms with Gasteiger partial charge in [0.2, 0.25) is 0 Å². The molecule has 10 heteroatoms. The second kappa shape index (κ2) is 5.76. The van der Waals surface area contributed by atoms with Gasteiger partial charge in [-0.15, -0.1) is 0 Å². The average Bonchev–Trinajstić information content (AvgIpc) is 2.95. The van der Waals surface area contributed by atoms with Crippen LogP contribution in [0.3, 0.4) is 0 Å². The van der Waals surface area contributed by atoms with E-state index >= 15 is 0 Å². The van der Waals surface area contributed by atoms with Gasteiger partial charge in [-0.3, -0.25) is 9.82 Å². The van der Waals surface area contributed by atoms with Crippen LogP contribution in [0.1, 0.15) is 0 Å². The summed E-state index contributed by atoms with van der Waals surface area (Å²) in [5.41, 5.74) is 0.966. The molecule has 0 aliphatic carbocycles. The van der Waals surface area contributed by atoms with Crippen molar-refractivity contribution >= 4 is 48.1 Å². The second-order valence-electron chi connectivity index (χ2n) is 5.11. The zero-order valence-electron chi connectivity index (χ0n) is 12.3. The minimum absolute atomic E-state index is 0.0748. The van der Waals surface area contributed by atoms with E-state index in [-0.39, 0.29) is 14.8 Å². The number of benzene rings is 2. The second-order valence-corrected chi connectivity index (χ2v) is 9.18. The molecule has 2 N–H and O–H groups in total. The van der Waals surface area contributed by atoms with E-state index in [9.17, 15) is 16.8 Å². The highest BCUT2D eigenvalue weighted by atomic mass is 35.5. The molecule has 126 valence electrons. The number of anilines is 1. The summed E-state index contributed by atoms with van der Waals surface area (Å²) in [6.07, 6.45) is 2.48. The monoisotopic (exact) mass is 385 g/mol. The number of fused-ring (bicyclic) bond motifs is 1. The van der Waals surface area contributed by atoms with Gasteiger partial charge in [-0.05, 0) is 30.3 Å². The molecule has 0 bridgehead atoms. The fourth-order valence-corrected chi connectivity index (χ4v) is 4.51. The molecule has 7 nitrogen and oxygen atoms in total. The van der Waals surface area contributed by atoms with Crippen LogP contribution in [0, 0.1) is 0 Å². The zero-order valence-corrected chi connectivity index (χ0v) is 14.7. The third-order valence-electron chi connectivity index (χ3n) is 3.35. The van der Waals surface area contributed by atoms with Crippen LogP contribution in [0.25, 0.3) is 10.9 Å². The van der Waals surface area contributed by atoms with E-state index in [1.165, 1.54) is 18.3 Å². The van der Waals surface area contributed by atoms with Crippen LogP contribution in [0.2, 0.25) is 5.02 Å². The lowest BCUT2D eigenvalue weighted by Crippen LogP contribution is -2.14. The van der Waals surface area contributed by atoms with Crippen LogP contribution in [-0.2, 0) is 19.9 Å². The molecule has 2 aromatic carbocycles. The maximum atomic E-state index is 12.6. The van der Waals surface area contributed by atoms with Gasteiger partial charge in [-0.1, -0.05) is 17.7 Å². The van der Waals surface area contributed by atoms with Crippen LogP contribution >= 0.6 is 11.6 Å². The Bertz CT molecular complexity index is 1140. The van der Waals surface area contributed by atoms with Crippen LogP contribution < -0.4 is 4.72 Å². The van der Waals surface area contributed by atoms with Crippen molar-refractivity contribution in [3.8, 4) is 0 Å². The van der Waals surface area contributed by atoms with Gasteiger partial charge in [-0.2, -0.15) is 5.10 Å². The highest BCUT2D eigenvalue weighted by molar-refractivity contribution is 7.93. The van der Waals surface area contributed by atoms with E-state index in [1.54, 1.807) is 18.2 Å². The first kappa shape index (κ1) is 16.7. The van der Waals surface area contributed by atoms with Gasteiger partial charge in [0.05, 0.1) is 27.3 Å². The van der Waals surface area contributed by atoms with Gasteiger partial charge >= 0.3 is 0 Å². The molecule has 3 aromatic rings. The Morgan fingerprint density at radius 1 is 1.12 bits per heavy atom. The Labute approximate surface area is 143 Å². The van der Waals surface area contributed by atoms with Crippen molar-refractivity contribution in [2.45, 2.75) is 9.79 Å². The number of rotatable bonds is 4.